The molecule has 0 fully saturated rings. The van der Waals surface area contributed by atoms with Gasteiger partial charge in [-0.25, -0.2) is 4.98 Å². The molecule has 3 nitrogen and oxygen atoms in total. The highest BCUT2D eigenvalue weighted by Gasteiger charge is 2.07. The Morgan fingerprint density at radius 3 is 2.62 bits per heavy atom. The van der Waals surface area contributed by atoms with Gasteiger partial charge in [0.25, 0.3) is 0 Å². The molecule has 2 aromatic heterocycles. The molecule has 0 unspecified atom stereocenters. The number of hydrogen-bond donors (Lipinski definition) is 0. The molecule has 2 rings (SSSR count). The molecule has 0 aliphatic heterocycles. The van der Waals surface area contributed by atoms with Crippen LogP contribution in [0.25, 0.3) is 0 Å². The highest BCUT2D eigenvalue weighted by molar-refractivity contribution is 9.10. The van der Waals surface area contributed by atoms with Gasteiger partial charge in [0.05, 0.1) is 16.7 Å². The van der Waals surface area contributed by atoms with Gasteiger partial charge in [-0.05, 0) is 40.2 Å². The molecule has 2 heterocycles. The lowest BCUT2D eigenvalue weighted by atomic mass is 10.3. The quantitative estimate of drug-likeness (QED) is 0.864. The molecule has 0 aromatic carbocycles. The number of aromatic nitrogens is 2. The van der Waals surface area contributed by atoms with Gasteiger partial charge in [-0.2, -0.15) is 0 Å². The van der Waals surface area contributed by atoms with Gasteiger partial charge in [0.1, 0.15) is 5.82 Å². The van der Waals surface area contributed by atoms with Crippen molar-refractivity contribution in [3.05, 3.63) is 52.9 Å². The van der Waals surface area contributed by atoms with Gasteiger partial charge in [0.15, 0.2) is 0 Å². The van der Waals surface area contributed by atoms with E-state index in [4.69, 9.17) is 0 Å². The van der Waals surface area contributed by atoms with Crippen molar-refractivity contribution in [3.8, 4) is 0 Å². The molecule has 0 spiro atoms. The molecule has 0 saturated carbocycles. The third kappa shape index (κ3) is 2.58. The summed E-state index contributed by atoms with van der Waals surface area (Å²) in [4.78, 5) is 10.7. The summed E-state index contributed by atoms with van der Waals surface area (Å²) in [5.41, 5.74) is 1.03. The fourth-order valence-electron chi connectivity index (χ4n) is 1.47. The van der Waals surface area contributed by atoms with E-state index in [0.29, 0.717) is 0 Å². The minimum absolute atomic E-state index is 0.746. The fourth-order valence-corrected chi connectivity index (χ4v) is 2.03. The van der Waals surface area contributed by atoms with E-state index in [9.17, 15) is 0 Å². The molecule has 4 heteroatoms. The van der Waals surface area contributed by atoms with Crippen LogP contribution in [0.15, 0.2) is 47.2 Å². The summed E-state index contributed by atoms with van der Waals surface area (Å²) in [6.45, 7) is 0.746. The number of rotatable bonds is 3. The van der Waals surface area contributed by atoms with Crippen molar-refractivity contribution in [2.75, 3.05) is 11.9 Å². The van der Waals surface area contributed by atoms with Crippen LogP contribution < -0.4 is 4.90 Å². The van der Waals surface area contributed by atoms with E-state index in [-0.39, 0.29) is 0 Å². The van der Waals surface area contributed by atoms with E-state index in [1.165, 1.54) is 0 Å². The van der Waals surface area contributed by atoms with Gasteiger partial charge in [-0.3, -0.25) is 4.98 Å². The van der Waals surface area contributed by atoms with Crippen molar-refractivity contribution < 1.29 is 0 Å². The second-order valence-corrected chi connectivity index (χ2v) is 4.34. The molecule has 0 N–H and O–H groups in total. The third-order valence-corrected chi connectivity index (χ3v) is 2.84. The highest BCUT2D eigenvalue weighted by atomic mass is 79.9. The second-order valence-electron chi connectivity index (χ2n) is 3.49. The van der Waals surface area contributed by atoms with Crippen molar-refractivity contribution in [3.63, 3.8) is 0 Å². The lowest BCUT2D eigenvalue weighted by Crippen LogP contribution is -2.18. The van der Waals surface area contributed by atoms with Crippen molar-refractivity contribution in [2.45, 2.75) is 6.54 Å². The Morgan fingerprint density at radius 1 is 1.12 bits per heavy atom. The SMILES string of the molecule is CN(Cc1ccccn1)c1ncccc1Br. The molecule has 82 valence electrons. The Hall–Kier alpha value is -1.42. The van der Waals surface area contributed by atoms with Crippen LogP contribution in [0.2, 0.25) is 0 Å². The summed E-state index contributed by atoms with van der Waals surface area (Å²) in [6.07, 6.45) is 3.59. The van der Waals surface area contributed by atoms with E-state index in [0.717, 1.165) is 22.5 Å². The summed E-state index contributed by atoms with van der Waals surface area (Å²) in [6, 6.07) is 9.80. The molecule has 16 heavy (non-hydrogen) atoms. The van der Waals surface area contributed by atoms with Crippen molar-refractivity contribution in [2.24, 2.45) is 0 Å². The first-order valence-corrected chi connectivity index (χ1v) is 5.78. The maximum absolute atomic E-state index is 4.33. The minimum atomic E-state index is 0.746. The van der Waals surface area contributed by atoms with Crippen LogP contribution in [0.1, 0.15) is 5.69 Å². The maximum atomic E-state index is 4.33. The first-order chi connectivity index (χ1) is 7.77. The van der Waals surface area contributed by atoms with Crippen LogP contribution in [0.5, 0.6) is 0 Å². The van der Waals surface area contributed by atoms with E-state index in [1.54, 1.807) is 12.4 Å². The minimum Gasteiger partial charge on any atom is -0.353 e. The van der Waals surface area contributed by atoms with Gasteiger partial charge < -0.3 is 4.90 Å². The van der Waals surface area contributed by atoms with Crippen LogP contribution in [0, 0.1) is 0 Å². The Balaban J connectivity index is 2.15. The Labute approximate surface area is 103 Å². The van der Waals surface area contributed by atoms with E-state index in [2.05, 4.69) is 30.8 Å². The largest absolute Gasteiger partial charge is 0.353 e. The zero-order valence-corrected chi connectivity index (χ0v) is 10.6. The Bertz CT molecular complexity index is 459. The normalized spacial score (nSPS) is 10.1. The lowest BCUT2D eigenvalue weighted by molar-refractivity contribution is 0.863. The Kier molecular flexibility index (Phi) is 3.51. The van der Waals surface area contributed by atoms with Gasteiger partial charge in [-0.1, -0.05) is 6.07 Å². The molecule has 0 saturated heterocycles. The third-order valence-electron chi connectivity index (χ3n) is 2.23. The van der Waals surface area contributed by atoms with Crippen molar-refractivity contribution in [1.29, 1.82) is 0 Å². The van der Waals surface area contributed by atoms with Gasteiger partial charge in [-0.15, -0.1) is 0 Å². The number of nitrogens with zero attached hydrogens (tertiary/aromatic N) is 3. The number of hydrogen-bond acceptors (Lipinski definition) is 3. The predicted octanol–water partition coefficient (Wildman–Crippen LogP) is 2.88. The van der Waals surface area contributed by atoms with Crippen molar-refractivity contribution in [1.82, 2.24) is 9.97 Å². The summed E-state index contributed by atoms with van der Waals surface area (Å²) in [7, 11) is 2.00. The molecule has 0 amide bonds. The standard InChI is InChI=1S/C12H12BrN3/c1-16(9-10-5-2-3-7-14-10)12-11(13)6-4-8-15-12/h2-8H,9H2,1H3. The monoisotopic (exact) mass is 277 g/mol. The zero-order valence-electron chi connectivity index (χ0n) is 8.97. The van der Waals surface area contributed by atoms with Crippen LogP contribution in [0.4, 0.5) is 5.82 Å². The lowest BCUT2D eigenvalue weighted by Gasteiger charge is -2.18. The van der Waals surface area contributed by atoms with Crippen molar-refractivity contribution >= 4 is 21.7 Å². The Morgan fingerprint density at radius 2 is 1.94 bits per heavy atom. The van der Waals surface area contributed by atoms with Crippen LogP contribution in [-0.4, -0.2) is 17.0 Å². The molecular formula is C12H12BrN3. The molecule has 0 radical (unpaired) electrons. The first-order valence-electron chi connectivity index (χ1n) is 4.99. The summed E-state index contributed by atoms with van der Waals surface area (Å²) in [5.74, 6) is 0.924. The number of halogens is 1. The van der Waals surface area contributed by atoms with Gasteiger partial charge >= 0.3 is 0 Å². The number of anilines is 1. The van der Waals surface area contributed by atoms with Gasteiger partial charge in [0, 0.05) is 19.4 Å². The van der Waals surface area contributed by atoms with Gasteiger partial charge in [0.2, 0.25) is 0 Å². The molecule has 0 aliphatic rings. The maximum Gasteiger partial charge on any atom is 0.142 e. The topological polar surface area (TPSA) is 29.0 Å². The summed E-state index contributed by atoms with van der Waals surface area (Å²) >= 11 is 3.49. The van der Waals surface area contributed by atoms with Crippen LogP contribution in [0.3, 0.4) is 0 Å². The second kappa shape index (κ2) is 5.07. The number of pyridine rings is 2. The first kappa shape index (κ1) is 11.1. The summed E-state index contributed by atoms with van der Waals surface area (Å²) < 4.78 is 0.994. The highest BCUT2D eigenvalue weighted by Crippen LogP contribution is 2.22. The molecule has 0 bridgehead atoms. The molecular weight excluding hydrogens is 266 g/mol. The van der Waals surface area contributed by atoms with E-state index < -0.39 is 0 Å². The smallest absolute Gasteiger partial charge is 0.142 e. The van der Waals surface area contributed by atoms with E-state index in [1.807, 2.05) is 37.4 Å². The average Bonchev–Trinajstić information content (AvgIpc) is 2.31. The molecule has 0 aliphatic carbocycles. The van der Waals surface area contributed by atoms with Crippen LogP contribution in [-0.2, 0) is 6.54 Å². The van der Waals surface area contributed by atoms with E-state index >= 15 is 0 Å². The molecule has 0 atom stereocenters. The van der Waals surface area contributed by atoms with Crippen LogP contribution >= 0.6 is 15.9 Å². The zero-order chi connectivity index (χ0) is 11.4. The average molecular weight is 278 g/mol. The summed E-state index contributed by atoms with van der Waals surface area (Å²) in [5, 5.41) is 0. The predicted molar refractivity (Wildman–Crippen MR) is 68.3 cm³/mol. The molecule has 2 aromatic rings. The fraction of sp³-hybridized carbons (Fsp3) is 0.167.